The summed E-state index contributed by atoms with van der Waals surface area (Å²) in [6, 6.07) is 5.49. The topological polar surface area (TPSA) is 43.4 Å². The van der Waals surface area contributed by atoms with Gasteiger partial charge in [-0.1, -0.05) is 34.1 Å². The predicted molar refractivity (Wildman–Crippen MR) is 69.4 cm³/mol. The number of esters is 1. The summed E-state index contributed by atoms with van der Waals surface area (Å²) in [5.74, 6) is -0.332. The maximum absolute atomic E-state index is 11.9. The average Bonchev–Trinajstić information content (AvgIpc) is 2.28. The molecule has 0 atom stereocenters. The zero-order valence-electron chi connectivity index (χ0n) is 9.96. The van der Waals surface area contributed by atoms with Crippen LogP contribution in [0.15, 0.2) is 18.2 Å². The van der Waals surface area contributed by atoms with Crippen molar-refractivity contribution in [3.05, 3.63) is 34.9 Å². The van der Waals surface area contributed by atoms with Crippen LogP contribution >= 0.6 is 15.9 Å². The van der Waals surface area contributed by atoms with Gasteiger partial charge in [-0.25, -0.2) is 4.79 Å². The summed E-state index contributed by atoms with van der Waals surface area (Å²) in [5, 5.41) is 0.562. The Morgan fingerprint density at radius 3 is 2.47 bits per heavy atom. The number of hydrogen-bond acceptors (Lipinski definition) is 3. The second-order valence-corrected chi connectivity index (χ2v) is 4.24. The Bertz CT molecular complexity index is 427. The molecule has 0 aliphatic rings. The maximum atomic E-state index is 11.9. The van der Waals surface area contributed by atoms with Crippen LogP contribution in [0.4, 0.5) is 0 Å². The number of alkyl halides is 1. The lowest BCUT2D eigenvalue weighted by Crippen LogP contribution is -2.12. The molecule has 0 amide bonds. The molecule has 0 aliphatic heterocycles. The molecule has 1 aromatic carbocycles. The van der Waals surface area contributed by atoms with E-state index in [4.69, 9.17) is 4.74 Å². The fourth-order valence-electron chi connectivity index (χ4n) is 1.65. The summed E-state index contributed by atoms with van der Waals surface area (Å²) >= 11 is 3.34. The summed E-state index contributed by atoms with van der Waals surface area (Å²) in [6.07, 6.45) is 0.259. The Morgan fingerprint density at radius 1 is 1.29 bits per heavy atom. The van der Waals surface area contributed by atoms with Crippen molar-refractivity contribution in [3.63, 3.8) is 0 Å². The average molecular weight is 299 g/mol. The first-order valence-corrected chi connectivity index (χ1v) is 6.55. The standard InChI is InChI=1S/C13H15BrO3/c1-3-17-13(16)12-10(7-9(2)15)5-4-6-11(12)8-14/h4-6H,3,7-8H2,1-2H3. The highest BCUT2D eigenvalue weighted by molar-refractivity contribution is 9.08. The first-order chi connectivity index (χ1) is 8.10. The molecule has 92 valence electrons. The largest absolute Gasteiger partial charge is 0.462 e. The van der Waals surface area contributed by atoms with Crippen molar-refractivity contribution in [1.82, 2.24) is 0 Å². The number of benzene rings is 1. The van der Waals surface area contributed by atoms with E-state index in [1.54, 1.807) is 13.0 Å². The van der Waals surface area contributed by atoms with Crippen LogP contribution in [0.2, 0.25) is 0 Å². The minimum Gasteiger partial charge on any atom is -0.462 e. The molecule has 0 heterocycles. The number of halogens is 1. The van der Waals surface area contributed by atoms with E-state index < -0.39 is 0 Å². The number of ether oxygens (including phenoxy) is 1. The van der Waals surface area contributed by atoms with Crippen LogP contribution in [-0.4, -0.2) is 18.4 Å². The molecule has 0 bridgehead atoms. The lowest BCUT2D eigenvalue weighted by atomic mass is 9.98. The second-order valence-electron chi connectivity index (χ2n) is 3.68. The number of hydrogen-bond donors (Lipinski definition) is 0. The minimum atomic E-state index is -0.362. The van der Waals surface area contributed by atoms with Gasteiger partial charge in [0.1, 0.15) is 5.78 Å². The van der Waals surface area contributed by atoms with Crippen LogP contribution in [0.1, 0.15) is 35.3 Å². The van der Waals surface area contributed by atoms with E-state index in [0.717, 1.165) is 11.1 Å². The van der Waals surface area contributed by atoms with Crippen molar-refractivity contribution >= 4 is 27.7 Å². The zero-order valence-corrected chi connectivity index (χ0v) is 11.5. The van der Waals surface area contributed by atoms with Gasteiger partial charge in [0.2, 0.25) is 0 Å². The van der Waals surface area contributed by atoms with E-state index >= 15 is 0 Å². The molecule has 0 radical (unpaired) electrons. The molecule has 17 heavy (non-hydrogen) atoms. The molecule has 0 saturated carbocycles. The Kier molecular flexibility index (Phi) is 5.35. The molecule has 0 unspecified atom stereocenters. The van der Waals surface area contributed by atoms with Gasteiger partial charge in [-0.2, -0.15) is 0 Å². The van der Waals surface area contributed by atoms with Crippen LogP contribution < -0.4 is 0 Å². The quantitative estimate of drug-likeness (QED) is 0.620. The van der Waals surface area contributed by atoms with Gasteiger partial charge in [-0.15, -0.1) is 0 Å². The molecule has 0 N–H and O–H groups in total. The van der Waals surface area contributed by atoms with Crippen molar-refractivity contribution in [2.75, 3.05) is 6.61 Å². The first-order valence-electron chi connectivity index (χ1n) is 5.43. The highest BCUT2D eigenvalue weighted by atomic mass is 79.9. The molecule has 0 spiro atoms. The predicted octanol–water partition coefficient (Wildman–Crippen LogP) is 2.89. The zero-order chi connectivity index (χ0) is 12.8. The van der Waals surface area contributed by atoms with Crippen molar-refractivity contribution < 1.29 is 14.3 Å². The van der Waals surface area contributed by atoms with Gasteiger partial charge >= 0.3 is 5.97 Å². The number of carbonyl (C=O) groups is 2. The Morgan fingerprint density at radius 2 is 1.94 bits per heavy atom. The van der Waals surface area contributed by atoms with Crippen LogP contribution in [0.5, 0.6) is 0 Å². The van der Waals surface area contributed by atoms with E-state index in [1.165, 1.54) is 6.92 Å². The van der Waals surface area contributed by atoms with Gasteiger partial charge in [-0.3, -0.25) is 4.79 Å². The van der Waals surface area contributed by atoms with Crippen LogP contribution in [0.25, 0.3) is 0 Å². The van der Waals surface area contributed by atoms with E-state index in [1.807, 2.05) is 12.1 Å². The lowest BCUT2D eigenvalue weighted by Gasteiger charge is -2.11. The van der Waals surface area contributed by atoms with Crippen molar-refractivity contribution in [3.8, 4) is 0 Å². The Hall–Kier alpha value is -1.16. The molecule has 1 rings (SSSR count). The molecule has 4 heteroatoms. The van der Waals surface area contributed by atoms with E-state index in [-0.39, 0.29) is 18.2 Å². The number of carbonyl (C=O) groups excluding carboxylic acids is 2. The van der Waals surface area contributed by atoms with E-state index in [0.29, 0.717) is 17.5 Å². The molecular weight excluding hydrogens is 284 g/mol. The molecule has 0 saturated heterocycles. The lowest BCUT2D eigenvalue weighted by molar-refractivity contribution is -0.116. The van der Waals surface area contributed by atoms with Gasteiger partial charge in [-0.05, 0) is 25.0 Å². The van der Waals surface area contributed by atoms with Crippen LogP contribution in [0, 0.1) is 0 Å². The monoisotopic (exact) mass is 298 g/mol. The van der Waals surface area contributed by atoms with E-state index in [9.17, 15) is 9.59 Å². The molecule has 0 aliphatic carbocycles. The third kappa shape index (κ3) is 3.66. The van der Waals surface area contributed by atoms with Gasteiger partial charge in [0.15, 0.2) is 0 Å². The fourth-order valence-corrected chi connectivity index (χ4v) is 2.11. The van der Waals surface area contributed by atoms with Gasteiger partial charge in [0, 0.05) is 11.8 Å². The van der Waals surface area contributed by atoms with Crippen molar-refractivity contribution in [2.45, 2.75) is 25.6 Å². The Labute approximate surface area is 109 Å². The SMILES string of the molecule is CCOC(=O)c1c(CBr)cccc1CC(C)=O. The molecule has 0 aromatic heterocycles. The summed E-state index contributed by atoms with van der Waals surface area (Å²) in [5.41, 5.74) is 2.09. The summed E-state index contributed by atoms with van der Waals surface area (Å²) < 4.78 is 5.02. The molecule has 1 aromatic rings. The second kappa shape index (κ2) is 6.55. The molecule has 0 fully saturated rings. The first kappa shape index (κ1) is 13.9. The van der Waals surface area contributed by atoms with Gasteiger partial charge in [0.25, 0.3) is 0 Å². The number of ketones is 1. The van der Waals surface area contributed by atoms with Gasteiger partial charge in [0.05, 0.1) is 12.2 Å². The van der Waals surface area contributed by atoms with Crippen molar-refractivity contribution in [1.29, 1.82) is 0 Å². The van der Waals surface area contributed by atoms with Gasteiger partial charge < -0.3 is 4.74 Å². The minimum absolute atomic E-state index is 0.0299. The third-order valence-electron chi connectivity index (χ3n) is 2.30. The highest BCUT2D eigenvalue weighted by Crippen LogP contribution is 2.19. The summed E-state index contributed by atoms with van der Waals surface area (Å²) in [4.78, 5) is 23.1. The number of rotatable bonds is 5. The maximum Gasteiger partial charge on any atom is 0.338 e. The molecular formula is C13H15BrO3. The smallest absolute Gasteiger partial charge is 0.338 e. The third-order valence-corrected chi connectivity index (χ3v) is 2.90. The summed E-state index contributed by atoms with van der Waals surface area (Å²) in [7, 11) is 0. The normalized spacial score (nSPS) is 10.1. The van der Waals surface area contributed by atoms with Crippen molar-refractivity contribution in [2.24, 2.45) is 0 Å². The molecule has 3 nitrogen and oxygen atoms in total. The summed E-state index contributed by atoms with van der Waals surface area (Å²) in [6.45, 7) is 3.60. The van der Waals surface area contributed by atoms with E-state index in [2.05, 4.69) is 15.9 Å². The van der Waals surface area contributed by atoms with Crippen LogP contribution in [-0.2, 0) is 21.3 Å². The number of Topliss-reactive ketones (excluding diaryl/α,β-unsaturated/α-hetero) is 1. The fraction of sp³-hybridized carbons (Fsp3) is 0.385. The Balaban J connectivity index is 3.19. The van der Waals surface area contributed by atoms with Crippen LogP contribution in [0.3, 0.4) is 0 Å². The highest BCUT2D eigenvalue weighted by Gasteiger charge is 2.17.